The Morgan fingerprint density at radius 2 is 2.12 bits per heavy atom. The molecule has 1 aliphatic heterocycles. The molecule has 0 bridgehead atoms. The van der Waals surface area contributed by atoms with Crippen LogP contribution in [0.2, 0.25) is 0 Å². The lowest BCUT2D eigenvalue weighted by atomic mass is 10.0. The van der Waals surface area contributed by atoms with Crippen LogP contribution >= 0.6 is 0 Å². The molecule has 142 valence electrons. The van der Waals surface area contributed by atoms with Crippen LogP contribution in [0.1, 0.15) is 37.9 Å². The molecule has 2 fully saturated rings. The van der Waals surface area contributed by atoms with E-state index in [0.29, 0.717) is 31.4 Å². The van der Waals surface area contributed by atoms with Crippen molar-refractivity contribution < 1.29 is 9.59 Å². The lowest BCUT2D eigenvalue weighted by molar-refractivity contribution is -0.135. The number of carbonyl (C=O) groups excluding carboxylic acids is 2. The molecule has 1 atom stereocenters. The van der Waals surface area contributed by atoms with Crippen LogP contribution in [-0.4, -0.2) is 58.4 Å². The van der Waals surface area contributed by atoms with Crippen molar-refractivity contribution in [2.24, 2.45) is 0 Å². The van der Waals surface area contributed by atoms with Crippen LogP contribution in [0.25, 0.3) is 0 Å². The summed E-state index contributed by atoms with van der Waals surface area (Å²) in [7, 11) is 0. The van der Waals surface area contributed by atoms with E-state index < -0.39 is 6.04 Å². The molecule has 9 heteroatoms. The first-order valence-corrected chi connectivity index (χ1v) is 9.19. The van der Waals surface area contributed by atoms with Gasteiger partial charge < -0.3 is 21.4 Å². The highest BCUT2D eigenvalue weighted by molar-refractivity contribution is 5.88. The minimum atomic E-state index is -0.405. The van der Waals surface area contributed by atoms with Gasteiger partial charge in [0.15, 0.2) is 0 Å². The first-order valence-electron chi connectivity index (χ1n) is 9.19. The Labute approximate surface area is 151 Å². The molecular weight excluding hydrogens is 336 g/mol. The molecule has 2 heterocycles. The molecule has 0 radical (unpaired) electrons. The highest BCUT2D eigenvalue weighted by Crippen LogP contribution is 2.26. The van der Waals surface area contributed by atoms with Crippen LogP contribution in [0.3, 0.4) is 0 Å². The molecule has 2 aliphatic rings. The topological polar surface area (TPSA) is 133 Å². The summed E-state index contributed by atoms with van der Waals surface area (Å²) < 4.78 is 0. The lowest BCUT2D eigenvalue weighted by Crippen LogP contribution is -2.59. The fourth-order valence-corrected chi connectivity index (χ4v) is 3.83. The van der Waals surface area contributed by atoms with Gasteiger partial charge in [-0.2, -0.15) is 0 Å². The van der Waals surface area contributed by atoms with Gasteiger partial charge in [-0.05, 0) is 12.8 Å². The number of hydrogen-bond acceptors (Lipinski definition) is 6. The predicted molar refractivity (Wildman–Crippen MR) is 96.4 cm³/mol. The van der Waals surface area contributed by atoms with E-state index in [-0.39, 0.29) is 29.6 Å². The maximum atomic E-state index is 12.3. The third-order valence-electron chi connectivity index (χ3n) is 5.04. The van der Waals surface area contributed by atoms with Crippen molar-refractivity contribution in [2.75, 3.05) is 25.4 Å². The summed E-state index contributed by atoms with van der Waals surface area (Å²) in [6, 6.07) is 1.21. The van der Waals surface area contributed by atoms with E-state index in [4.69, 9.17) is 5.73 Å². The van der Waals surface area contributed by atoms with E-state index in [0.717, 1.165) is 19.4 Å². The number of amides is 2. The maximum absolute atomic E-state index is 12.3. The number of nitrogens with zero attached hydrogens (tertiary/aromatic N) is 2. The van der Waals surface area contributed by atoms with Crippen molar-refractivity contribution in [1.82, 2.24) is 25.5 Å². The number of aromatic nitrogens is 2. The maximum Gasteiger partial charge on any atom is 0.252 e. The number of H-pyrrole nitrogens is 1. The Kier molecular flexibility index (Phi) is 5.87. The molecule has 1 saturated heterocycles. The van der Waals surface area contributed by atoms with E-state index in [9.17, 15) is 14.4 Å². The summed E-state index contributed by atoms with van der Waals surface area (Å²) in [6.45, 7) is 1.76. The fourth-order valence-electron chi connectivity index (χ4n) is 3.83. The van der Waals surface area contributed by atoms with Gasteiger partial charge in [0.2, 0.25) is 11.8 Å². The number of nitrogens with one attached hydrogen (secondary N) is 3. The monoisotopic (exact) mass is 362 g/mol. The van der Waals surface area contributed by atoms with Crippen molar-refractivity contribution in [3.8, 4) is 0 Å². The van der Waals surface area contributed by atoms with Gasteiger partial charge >= 0.3 is 0 Å². The summed E-state index contributed by atoms with van der Waals surface area (Å²) >= 11 is 0. The second-order valence-electron chi connectivity index (χ2n) is 6.90. The number of aromatic amines is 1. The van der Waals surface area contributed by atoms with Crippen molar-refractivity contribution >= 4 is 17.6 Å². The predicted octanol–water partition coefficient (Wildman–Crippen LogP) is -0.856. The SMILES string of the molecule is Nc1cc(=O)[nH]c(CCNC(=O)C[C@H]2C(=O)NCCN2C2CCCC2)n1. The second-order valence-corrected chi connectivity index (χ2v) is 6.90. The third-order valence-corrected chi connectivity index (χ3v) is 5.04. The molecule has 3 rings (SSSR count). The summed E-state index contributed by atoms with van der Waals surface area (Å²) in [5.74, 6) is 0.334. The molecule has 0 unspecified atom stereocenters. The van der Waals surface area contributed by atoms with E-state index in [1.165, 1.54) is 18.9 Å². The van der Waals surface area contributed by atoms with E-state index in [1.54, 1.807) is 0 Å². The van der Waals surface area contributed by atoms with Crippen LogP contribution in [-0.2, 0) is 16.0 Å². The minimum Gasteiger partial charge on any atom is -0.383 e. The number of nitrogen functional groups attached to an aromatic ring is 1. The number of carbonyl (C=O) groups is 2. The first-order chi connectivity index (χ1) is 12.5. The van der Waals surface area contributed by atoms with Crippen LogP contribution in [0.5, 0.6) is 0 Å². The fraction of sp³-hybridized carbons (Fsp3) is 0.647. The second kappa shape index (κ2) is 8.31. The molecular formula is C17H26N6O3. The molecule has 26 heavy (non-hydrogen) atoms. The minimum absolute atomic E-state index is 0.0693. The van der Waals surface area contributed by atoms with Crippen LogP contribution in [0.15, 0.2) is 10.9 Å². The smallest absolute Gasteiger partial charge is 0.252 e. The van der Waals surface area contributed by atoms with Gasteiger partial charge in [0.1, 0.15) is 11.6 Å². The van der Waals surface area contributed by atoms with Gasteiger partial charge in [-0.15, -0.1) is 0 Å². The van der Waals surface area contributed by atoms with Crippen molar-refractivity contribution in [3.63, 3.8) is 0 Å². The summed E-state index contributed by atoms with van der Waals surface area (Å²) in [5, 5.41) is 5.66. The Morgan fingerprint density at radius 1 is 1.35 bits per heavy atom. The number of piperazine rings is 1. The van der Waals surface area contributed by atoms with E-state index in [2.05, 4.69) is 25.5 Å². The normalized spacial score (nSPS) is 21.5. The highest BCUT2D eigenvalue weighted by atomic mass is 16.2. The molecule has 5 N–H and O–H groups in total. The number of rotatable bonds is 6. The average molecular weight is 362 g/mol. The van der Waals surface area contributed by atoms with Gasteiger partial charge in [0, 0.05) is 38.2 Å². The Balaban J connectivity index is 1.52. The molecule has 1 aliphatic carbocycles. The van der Waals surface area contributed by atoms with Gasteiger partial charge in [-0.25, -0.2) is 4.98 Å². The van der Waals surface area contributed by atoms with Crippen molar-refractivity contribution in [1.29, 1.82) is 0 Å². The molecule has 1 aromatic heterocycles. The molecule has 2 amide bonds. The molecule has 1 saturated carbocycles. The molecule has 0 aromatic carbocycles. The number of nitrogens with two attached hydrogens (primary N) is 1. The largest absolute Gasteiger partial charge is 0.383 e. The van der Waals surface area contributed by atoms with Gasteiger partial charge in [-0.3, -0.25) is 19.3 Å². The standard InChI is InChI=1S/C17H26N6O3/c18-13-10-16(25)22-14(21-13)5-6-19-15(24)9-12-17(26)20-7-8-23(12)11-3-1-2-4-11/h10-12H,1-9H2,(H,19,24)(H,20,26)(H3,18,21,22,25)/t12-/m0/s1. The van der Waals surface area contributed by atoms with E-state index in [1.807, 2.05) is 0 Å². The Hall–Kier alpha value is -2.42. The van der Waals surface area contributed by atoms with Crippen molar-refractivity contribution in [2.45, 2.75) is 50.6 Å². The highest BCUT2D eigenvalue weighted by Gasteiger charge is 2.36. The molecule has 0 spiro atoms. The average Bonchev–Trinajstić information content (AvgIpc) is 3.10. The first kappa shape index (κ1) is 18.4. The Bertz CT molecular complexity index is 713. The van der Waals surface area contributed by atoms with Gasteiger partial charge in [-0.1, -0.05) is 12.8 Å². The number of hydrogen-bond donors (Lipinski definition) is 4. The van der Waals surface area contributed by atoms with Crippen LogP contribution < -0.4 is 21.9 Å². The lowest BCUT2D eigenvalue weighted by Gasteiger charge is -2.38. The number of anilines is 1. The Morgan fingerprint density at radius 3 is 2.85 bits per heavy atom. The zero-order chi connectivity index (χ0) is 18.5. The quantitative estimate of drug-likeness (QED) is 0.521. The summed E-state index contributed by atoms with van der Waals surface area (Å²) in [5.41, 5.74) is 5.22. The van der Waals surface area contributed by atoms with Gasteiger partial charge in [0.05, 0.1) is 12.5 Å². The van der Waals surface area contributed by atoms with E-state index >= 15 is 0 Å². The molecule has 9 nitrogen and oxygen atoms in total. The zero-order valence-corrected chi connectivity index (χ0v) is 14.8. The van der Waals surface area contributed by atoms with Crippen molar-refractivity contribution in [3.05, 3.63) is 22.2 Å². The molecule has 1 aromatic rings. The van der Waals surface area contributed by atoms with Gasteiger partial charge in [0.25, 0.3) is 5.56 Å². The third kappa shape index (κ3) is 4.60. The van der Waals surface area contributed by atoms with Crippen LogP contribution in [0, 0.1) is 0 Å². The summed E-state index contributed by atoms with van der Waals surface area (Å²) in [6.07, 6.45) is 5.08. The summed E-state index contributed by atoms with van der Waals surface area (Å²) in [4.78, 5) is 44.7. The van der Waals surface area contributed by atoms with Crippen LogP contribution in [0.4, 0.5) is 5.82 Å². The zero-order valence-electron chi connectivity index (χ0n) is 14.8.